The van der Waals surface area contributed by atoms with Gasteiger partial charge in [-0.1, -0.05) is 18.7 Å². The first-order valence-electron chi connectivity index (χ1n) is 9.89. The van der Waals surface area contributed by atoms with Crippen molar-refractivity contribution in [1.82, 2.24) is 19.7 Å². The van der Waals surface area contributed by atoms with Crippen LogP contribution in [0, 0.1) is 5.92 Å². The SMILES string of the molecule is CCn1c(SCC(=O)N2CCC(C)CC2)nnc1-c1ccc2c(c1)OCCO2. The molecule has 0 spiro atoms. The van der Waals surface area contributed by atoms with Crippen LogP contribution in [0.2, 0.25) is 0 Å². The molecule has 2 aromatic rings. The zero-order valence-corrected chi connectivity index (χ0v) is 17.2. The van der Waals surface area contributed by atoms with E-state index in [-0.39, 0.29) is 5.91 Å². The van der Waals surface area contributed by atoms with Crippen molar-refractivity contribution in [1.29, 1.82) is 0 Å². The third kappa shape index (κ3) is 3.97. The number of amides is 1. The number of piperidine rings is 1. The maximum atomic E-state index is 12.5. The Morgan fingerprint density at radius 1 is 1.18 bits per heavy atom. The van der Waals surface area contributed by atoms with Crippen LogP contribution >= 0.6 is 11.8 Å². The molecule has 3 heterocycles. The van der Waals surface area contributed by atoms with Crippen LogP contribution in [-0.2, 0) is 11.3 Å². The quantitative estimate of drug-likeness (QED) is 0.716. The van der Waals surface area contributed by atoms with Crippen molar-refractivity contribution in [3.8, 4) is 22.9 Å². The van der Waals surface area contributed by atoms with Gasteiger partial charge in [0.1, 0.15) is 13.2 Å². The highest BCUT2D eigenvalue weighted by atomic mass is 32.2. The minimum atomic E-state index is 0.184. The molecule has 1 fully saturated rings. The second-order valence-electron chi connectivity index (χ2n) is 7.26. The molecule has 0 atom stereocenters. The van der Waals surface area contributed by atoms with Crippen LogP contribution in [-0.4, -0.2) is 57.6 Å². The van der Waals surface area contributed by atoms with Gasteiger partial charge < -0.3 is 18.9 Å². The molecule has 8 heteroatoms. The fourth-order valence-electron chi connectivity index (χ4n) is 3.55. The molecule has 0 N–H and O–H groups in total. The molecule has 150 valence electrons. The summed E-state index contributed by atoms with van der Waals surface area (Å²) in [6.07, 6.45) is 2.19. The number of nitrogens with zero attached hydrogens (tertiary/aromatic N) is 4. The summed E-state index contributed by atoms with van der Waals surface area (Å²) in [5.41, 5.74) is 0.932. The molecule has 7 nitrogen and oxygen atoms in total. The van der Waals surface area contributed by atoms with Crippen molar-refractivity contribution in [3.05, 3.63) is 18.2 Å². The van der Waals surface area contributed by atoms with Gasteiger partial charge in [0.05, 0.1) is 5.75 Å². The van der Waals surface area contributed by atoms with Gasteiger partial charge in [-0.05, 0) is 43.9 Å². The van der Waals surface area contributed by atoms with E-state index < -0.39 is 0 Å². The average molecular weight is 403 g/mol. The highest BCUT2D eigenvalue weighted by Gasteiger charge is 2.22. The summed E-state index contributed by atoms with van der Waals surface area (Å²) >= 11 is 1.46. The van der Waals surface area contributed by atoms with Crippen LogP contribution in [0.1, 0.15) is 26.7 Å². The van der Waals surface area contributed by atoms with Crippen LogP contribution in [0.5, 0.6) is 11.5 Å². The third-order valence-corrected chi connectivity index (χ3v) is 6.25. The van der Waals surface area contributed by atoms with E-state index in [4.69, 9.17) is 9.47 Å². The van der Waals surface area contributed by atoms with Gasteiger partial charge in [0.2, 0.25) is 5.91 Å². The number of carbonyl (C=O) groups is 1. The van der Waals surface area contributed by atoms with Gasteiger partial charge in [0, 0.05) is 25.2 Å². The molecule has 28 heavy (non-hydrogen) atoms. The largest absolute Gasteiger partial charge is 0.486 e. The summed E-state index contributed by atoms with van der Waals surface area (Å²) in [5, 5.41) is 9.48. The van der Waals surface area contributed by atoms with Crippen molar-refractivity contribution in [2.24, 2.45) is 5.92 Å². The summed E-state index contributed by atoms with van der Waals surface area (Å²) in [6.45, 7) is 7.89. The molecule has 0 bridgehead atoms. The first-order valence-corrected chi connectivity index (χ1v) is 10.9. The standard InChI is InChI=1S/C20H26N4O3S/c1-3-24-19(15-4-5-16-17(12-15)27-11-10-26-16)21-22-20(24)28-13-18(25)23-8-6-14(2)7-9-23/h4-5,12,14H,3,6-11,13H2,1-2H3. The zero-order chi connectivity index (χ0) is 19.5. The molecule has 0 radical (unpaired) electrons. The predicted molar refractivity (Wildman–Crippen MR) is 108 cm³/mol. The summed E-state index contributed by atoms with van der Waals surface area (Å²) in [7, 11) is 0. The number of fused-ring (bicyclic) bond motifs is 1. The second-order valence-corrected chi connectivity index (χ2v) is 8.20. The number of ether oxygens (including phenoxy) is 2. The van der Waals surface area contributed by atoms with Gasteiger partial charge >= 0.3 is 0 Å². The fraction of sp³-hybridized carbons (Fsp3) is 0.550. The maximum absolute atomic E-state index is 12.5. The lowest BCUT2D eigenvalue weighted by atomic mass is 9.99. The van der Waals surface area contributed by atoms with Gasteiger partial charge in [0.15, 0.2) is 22.5 Å². The first-order chi connectivity index (χ1) is 13.7. The molecule has 2 aliphatic rings. The molecular formula is C20H26N4O3S. The van der Waals surface area contributed by atoms with Gasteiger partial charge in [-0.25, -0.2) is 0 Å². The molecular weight excluding hydrogens is 376 g/mol. The number of carbonyl (C=O) groups excluding carboxylic acids is 1. The molecule has 1 aromatic carbocycles. The summed E-state index contributed by atoms with van der Waals surface area (Å²) in [4.78, 5) is 14.5. The van der Waals surface area contributed by atoms with Crippen molar-refractivity contribution in [3.63, 3.8) is 0 Å². The number of likely N-dealkylation sites (tertiary alicyclic amines) is 1. The van der Waals surface area contributed by atoms with Crippen LogP contribution in [0.4, 0.5) is 0 Å². The summed E-state index contributed by atoms with van der Waals surface area (Å²) < 4.78 is 13.3. The number of hydrogen-bond acceptors (Lipinski definition) is 6. The highest BCUT2D eigenvalue weighted by molar-refractivity contribution is 7.99. The van der Waals surface area contributed by atoms with Gasteiger partial charge in [-0.2, -0.15) is 0 Å². The van der Waals surface area contributed by atoms with Crippen LogP contribution < -0.4 is 9.47 Å². The van der Waals surface area contributed by atoms with Gasteiger partial charge in [-0.15, -0.1) is 10.2 Å². The number of aromatic nitrogens is 3. The Hall–Kier alpha value is -2.22. The fourth-order valence-corrected chi connectivity index (χ4v) is 4.46. The van der Waals surface area contributed by atoms with Crippen LogP contribution in [0.25, 0.3) is 11.4 Å². The highest BCUT2D eigenvalue weighted by Crippen LogP contribution is 2.35. The van der Waals surface area contributed by atoms with E-state index in [2.05, 4.69) is 24.0 Å². The van der Waals surface area contributed by atoms with E-state index in [0.29, 0.717) is 24.9 Å². The lowest BCUT2D eigenvalue weighted by Gasteiger charge is -2.30. The van der Waals surface area contributed by atoms with Crippen LogP contribution in [0.3, 0.4) is 0 Å². The zero-order valence-electron chi connectivity index (χ0n) is 16.4. The Morgan fingerprint density at radius 2 is 1.93 bits per heavy atom. The normalized spacial score (nSPS) is 17.0. The van der Waals surface area contributed by atoms with E-state index in [1.807, 2.05) is 27.7 Å². The molecule has 0 saturated carbocycles. The molecule has 1 amide bonds. The smallest absolute Gasteiger partial charge is 0.233 e. The van der Waals surface area contributed by atoms with E-state index in [1.54, 1.807) is 0 Å². The maximum Gasteiger partial charge on any atom is 0.233 e. The Morgan fingerprint density at radius 3 is 2.68 bits per heavy atom. The van der Waals surface area contributed by atoms with E-state index in [9.17, 15) is 4.79 Å². The van der Waals surface area contributed by atoms with Crippen molar-refractivity contribution in [2.45, 2.75) is 38.4 Å². The lowest BCUT2D eigenvalue weighted by Crippen LogP contribution is -2.38. The molecule has 0 aliphatic carbocycles. The minimum Gasteiger partial charge on any atom is -0.486 e. The monoisotopic (exact) mass is 402 g/mol. The van der Waals surface area contributed by atoms with E-state index in [1.165, 1.54) is 11.8 Å². The van der Waals surface area contributed by atoms with Crippen molar-refractivity contribution in [2.75, 3.05) is 32.1 Å². The topological polar surface area (TPSA) is 69.5 Å². The van der Waals surface area contributed by atoms with E-state index >= 15 is 0 Å². The number of rotatable bonds is 5. The first kappa shape index (κ1) is 19.1. The second kappa shape index (κ2) is 8.43. The third-order valence-electron chi connectivity index (χ3n) is 5.29. The number of thioether (sulfide) groups is 1. The Kier molecular flexibility index (Phi) is 5.75. The lowest BCUT2D eigenvalue weighted by molar-refractivity contribution is -0.129. The molecule has 0 unspecified atom stereocenters. The Bertz CT molecular complexity index is 846. The van der Waals surface area contributed by atoms with Crippen molar-refractivity contribution >= 4 is 17.7 Å². The van der Waals surface area contributed by atoms with Crippen LogP contribution in [0.15, 0.2) is 23.4 Å². The Labute approximate surface area is 169 Å². The average Bonchev–Trinajstić information content (AvgIpc) is 3.15. The minimum absolute atomic E-state index is 0.184. The number of benzene rings is 1. The summed E-state index contributed by atoms with van der Waals surface area (Å²) in [6, 6.07) is 5.82. The van der Waals surface area contributed by atoms with Crippen molar-refractivity contribution < 1.29 is 14.3 Å². The van der Waals surface area contributed by atoms with Gasteiger partial charge in [-0.3, -0.25) is 4.79 Å². The molecule has 1 aromatic heterocycles. The van der Waals surface area contributed by atoms with E-state index in [0.717, 1.165) is 60.5 Å². The predicted octanol–water partition coefficient (Wildman–Crippen LogP) is 3.09. The summed E-state index contributed by atoms with van der Waals surface area (Å²) in [5.74, 6) is 3.57. The molecule has 4 rings (SSSR count). The molecule has 2 aliphatic heterocycles. The number of hydrogen-bond donors (Lipinski definition) is 0. The van der Waals surface area contributed by atoms with Gasteiger partial charge in [0.25, 0.3) is 0 Å². The molecule has 1 saturated heterocycles. The Balaban J connectivity index is 1.46.